The van der Waals surface area contributed by atoms with Crippen LogP contribution in [0.4, 0.5) is 0 Å². The van der Waals surface area contributed by atoms with E-state index in [1.807, 2.05) is 0 Å². The first-order valence-corrected chi connectivity index (χ1v) is 25.5. The van der Waals surface area contributed by atoms with Gasteiger partial charge in [-0.15, -0.1) is 0 Å². The Bertz CT molecular complexity index is 4730. The van der Waals surface area contributed by atoms with Crippen molar-refractivity contribution in [2.45, 2.75) is 156 Å². The van der Waals surface area contributed by atoms with Gasteiger partial charge in [0, 0.05) is 123 Å². The predicted molar refractivity (Wildman–Crippen MR) is 315 cm³/mol. The van der Waals surface area contributed by atoms with Crippen LogP contribution in [0.2, 0.25) is 0 Å². The molecule has 8 aromatic heterocycles. The Morgan fingerprint density at radius 2 is 0.711 bits per heavy atom. The van der Waals surface area contributed by atoms with Gasteiger partial charge in [0.25, 0.3) is 22.2 Å². The lowest BCUT2D eigenvalue weighted by Gasteiger charge is -2.09. The van der Waals surface area contributed by atoms with Gasteiger partial charge in [-0.05, 0) is 105 Å². The molecule has 3 atom stereocenters. The van der Waals surface area contributed by atoms with Crippen molar-refractivity contribution in [3.8, 4) is 0 Å². The minimum Gasteiger partial charge on any atom is -0.397 e. The predicted octanol–water partition coefficient (Wildman–Crippen LogP) is 0.146. The molecule has 0 aliphatic heterocycles. The number of aromatic nitrogens is 16. The normalized spacial score (nSPS) is 18.0. The van der Waals surface area contributed by atoms with Crippen LogP contribution in [0, 0.1) is 0 Å². The molecule has 0 saturated heterocycles. The van der Waals surface area contributed by atoms with Crippen molar-refractivity contribution in [1.82, 2.24) is 74.7 Å². The van der Waals surface area contributed by atoms with Gasteiger partial charge in [-0.25, -0.2) is 39.1 Å². The highest BCUT2D eigenvalue weighted by Gasteiger charge is 2.18. The second kappa shape index (κ2) is 31.0. The van der Waals surface area contributed by atoms with Crippen molar-refractivity contribution in [1.29, 1.82) is 1.43 Å². The molecule has 0 aliphatic carbocycles. The van der Waals surface area contributed by atoms with Crippen molar-refractivity contribution in [3.63, 3.8) is 0 Å². The number of rotatable bonds is 21. The maximum Gasteiger partial charge on any atom is 0.332 e. The number of Topliss-reactive ketones (excluding diaryl/α,β-unsaturated/α-hetero) is 1. The van der Waals surface area contributed by atoms with E-state index in [9.17, 15) is 58.5 Å². The van der Waals surface area contributed by atoms with Crippen molar-refractivity contribution >= 4 is 50.4 Å². The molecule has 0 fully saturated rings. The Hall–Kier alpha value is -7.89. The van der Waals surface area contributed by atoms with Crippen molar-refractivity contribution in [3.05, 3.63) is 109 Å². The van der Waals surface area contributed by atoms with Crippen LogP contribution in [-0.4, -0.2) is 127 Å². The van der Waals surface area contributed by atoms with E-state index in [-0.39, 0.29) is 117 Å². The van der Waals surface area contributed by atoms with Gasteiger partial charge in [-0.2, -0.15) is 0 Å². The monoisotopic (exact) mass is 1190 g/mol. The maximum absolute atomic E-state index is 12.7. The fourth-order valence-electron chi connectivity index (χ4n) is 7.78. The first kappa shape index (κ1) is 38.8. The first-order chi connectivity index (χ1) is 49.1. The summed E-state index contributed by atoms with van der Waals surface area (Å²) in [5.74, 6) is -0.660. The van der Waals surface area contributed by atoms with E-state index in [2.05, 4.69) is 25.0 Å². The van der Waals surface area contributed by atoms with Gasteiger partial charge in [-0.1, -0.05) is 0 Å². The summed E-state index contributed by atoms with van der Waals surface area (Å²) in [7, 11) is 5.23. The topological polar surface area (TPSA) is 345 Å². The molecule has 0 spiro atoms. The smallest absolute Gasteiger partial charge is 0.332 e. The van der Waals surface area contributed by atoms with Crippen LogP contribution >= 0.6 is 0 Å². The van der Waals surface area contributed by atoms with Gasteiger partial charge in [0.2, 0.25) is 1.43 Å². The molecule has 0 amide bonds. The average Bonchev–Trinajstić information content (AvgIpc) is 1.53. The summed E-state index contributed by atoms with van der Waals surface area (Å²) in [6.45, 7) is -4.66. The Labute approximate surface area is 512 Å². The summed E-state index contributed by atoms with van der Waals surface area (Å²) in [5.41, 5.74) is -8.95. The number of hydrogen-bond donors (Lipinski definition) is 4. The number of aliphatic hydroxyl groups excluding tert-OH is 4. The minimum absolute atomic E-state index is 0.0167. The summed E-state index contributed by atoms with van der Waals surface area (Å²) < 4.78 is 197. The molecule has 0 bridgehead atoms. The standard InChI is InChI=1S/3C13H20N4O3.C13H18N4O3.C2H6O/c4*1-9(18)6-4-5-7-17-12(19)10-11(14-8-15(10)2)16(3)13(17)20;1-2-3/h3*8-9,18H,4-7H2,1-3H3;8H,4-7H2,1-3H3;3H,2H2,1H3/t2*9-;;;/m10.../s1/i4*2D3,6D2,8D;3D. The molecule has 4 N–H and O–H groups in total. The molecule has 458 valence electrons. The number of fused-ring (bicyclic) bond motifs is 4. The lowest BCUT2D eigenvalue weighted by molar-refractivity contribution is -0.117. The van der Waals surface area contributed by atoms with Gasteiger partial charge in [-0.3, -0.25) is 55.7 Å². The van der Waals surface area contributed by atoms with E-state index in [0.717, 1.165) is 43.5 Å². The van der Waals surface area contributed by atoms with Crippen LogP contribution in [0.3, 0.4) is 0 Å². The molecule has 0 radical (unpaired) electrons. The van der Waals surface area contributed by atoms with E-state index in [4.69, 9.17) is 34.3 Å². The minimum atomic E-state index is -2.83. The largest absolute Gasteiger partial charge is 0.397 e. The molecule has 8 heterocycles. The molecule has 83 heavy (non-hydrogen) atoms. The van der Waals surface area contributed by atoms with Crippen molar-refractivity contribution in [2.75, 3.05) is 6.61 Å². The third kappa shape index (κ3) is 16.7. The third-order valence-electron chi connectivity index (χ3n) is 11.8. The lowest BCUT2D eigenvalue weighted by atomic mass is 10.2. The number of ketones is 1. The second-order valence-electron chi connectivity index (χ2n) is 18.1. The summed E-state index contributed by atoms with van der Waals surface area (Å²) in [5, 5.41) is 32.0. The van der Waals surface area contributed by atoms with E-state index in [0.29, 0.717) is 24.9 Å². The number of aryl methyl sites for hydroxylation is 8. The second-order valence-corrected chi connectivity index (χ2v) is 18.1. The third-order valence-corrected chi connectivity index (χ3v) is 11.8. The highest BCUT2D eigenvalue weighted by molar-refractivity contribution is 5.75. The highest BCUT2D eigenvalue weighted by Crippen LogP contribution is 2.09. The van der Waals surface area contributed by atoms with Gasteiger partial charge >= 0.3 is 22.8 Å². The zero-order valence-corrected chi connectivity index (χ0v) is 47.0. The van der Waals surface area contributed by atoms with Crippen LogP contribution in [0.5, 0.6) is 0 Å². The molecule has 29 heteroatoms. The molecule has 0 aliphatic rings. The van der Waals surface area contributed by atoms with E-state index in [1.54, 1.807) is 6.92 Å². The molecule has 8 rings (SSSR count). The van der Waals surface area contributed by atoms with E-state index in [1.165, 1.54) is 49.0 Å². The number of carbonyl (C=O) groups is 1. The fourth-order valence-corrected chi connectivity index (χ4v) is 7.78. The molecule has 29 nitrogen and oxygen atoms in total. The Kier molecular flexibility index (Phi) is 14.5. The van der Waals surface area contributed by atoms with E-state index < -0.39 is 153 Å². The molecule has 8 aromatic rings. The number of imidazole rings is 4. The van der Waals surface area contributed by atoms with E-state index >= 15 is 0 Å². The van der Waals surface area contributed by atoms with Gasteiger partial charge < -0.3 is 43.5 Å². The molecular weight excluding hydrogens is 1080 g/mol. The summed E-state index contributed by atoms with van der Waals surface area (Å²) in [4.78, 5) is 126. The first-order valence-electron chi connectivity index (χ1n) is 37.9. The highest BCUT2D eigenvalue weighted by atomic mass is 16.3. The molecular formula is C54H84N16O13. The van der Waals surface area contributed by atoms with Gasteiger partial charge in [0.15, 0.2) is 44.7 Å². The number of carbonyl (C=O) groups excluding carboxylic acids is 1. The average molecular weight is 1190 g/mol. The van der Waals surface area contributed by atoms with Crippen molar-refractivity contribution < 1.29 is 58.1 Å². The summed E-state index contributed by atoms with van der Waals surface area (Å²) in [6, 6.07) is 0. The zero-order chi connectivity index (χ0) is 83.5. The van der Waals surface area contributed by atoms with Crippen LogP contribution in [-0.2, 0) is 87.1 Å². The molecule has 0 aromatic carbocycles. The summed E-state index contributed by atoms with van der Waals surface area (Å²) >= 11 is 0. The SMILES string of the molecule is [2H]OCC.[2H]c1nc2c(c(=O)n(CCCC([2H])([2H])C(C)=O)c(=O)n2C)n1C([2H])([2H])[2H].[2H]c1nc2c(c(=O)n(CCCC([2H])([2H])C(C)O)c(=O)n2C)n1C([2H])([2H])[2H].[2H]c1nc2c(c(=O)n(CCCC([2H])([2H])[C@@H](C)O)c(=O)n2C)n1C([2H])([2H])[2H].[2H]c1nc2c(c(=O)n(CCCC([2H])([2H])[C@H](C)O)c(=O)n2C)n1C([2H])([2H])[2H]. The number of nitrogens with zero attached hydrogens (tertiary/aromatic N) is 16. The quantitative estimate of drug-likeness (QED) is 0.0744. The summed E-state index contributed by atoms with van der Waals surface area (Å²) in [6.07, 6.45) is -14.2. The number of hydrogen-bond acceptors (Lipinski definition) is 17. The van der Waals surface area contributed by atoms with Crippen LogP contribution in [0.25, 0.3) is 44.7 Å². The number of aliphatic hydroxyl groups is 4. The molecule has 0 saturated carbocycles. The van der Waals surface area contributed by atoms with Crippen LogP contribution in [0.15, 0.2) is 63.6 Å². The van der Waals surface area contributed by atoms with Crippen LogP contribution < -0.4 is 45.0 Å². The molecule has 1 unspecified atom stereocenters. The maximum atomic E-state index is 12.7. The van der Waals surface area contributed by atoms with Gasteiger partial charge in [0.1, 0.15) is 11.3 Å². The Balaban J connectivity index is 0.000000299. The Morgan fingerprint density at radius 1 is 0.482 bits per heavy atom. The fraction of sp³-hybridized carbons (Fsp3) is 0.611. The van der Waals surface area contributed by atoms with Crippen molar-refractivity contribution in [2.24, 2.45) is 56.1 Å². The Morgan fingerprint density at radius 3 is 0.904 bits per heavy atom. The van der Waals surface area contributed by atoms with Crippen LogP contribution in [0.1, 0.15) is 144 Å². The van der Waals surface area contributed by atoms with Gasteiger partial charge in [0.05, 0.1) is 43.5 Å². The zero-order valence-electron chi connectivity index (χ0n) is 72.0. The lowest BCUT2D eigenvalue weighted by Crippen LogP contribution is -2.39.